The van der Waals surface area contributed by atoms with E-state index in [9.17, 15) is 18.0 Å². The van der Waals surface area contributed by atoms with Gasteiger partial charge in [0, 0.05) is 29.6 Å². The summed E-state index contributed by atoms with van der Waals surface area (Å²) < 4.78 is 34.8. The molecule has 4 rings (SSSR count). The lowest BCUT2D eigenvalue weighted by atomic mass is 10.0. The van der Waals surface area contributed by atoms with Gasteiger partial charge >= 0.3 is 0 Å². The molecule has 45 heavy (non-hydrogen) atoms. The molecule has 0 aliphatic heterocycles. The van der Waals surface area contributed by atoms with Crippen molar-refractivity contribution in [2.75, 3.05) is 24.5 Å². The van der Waals surface area contributed by atoms with Crippen LogP contribution in [0.1, 0.15) is 24.5 Å². The van der Waals surface area contributed by atoms with E-state index in [2.05, 4.69) is 5.32 Å². The molecule has 1 N–H and O–H groups in total. The maximum absolute atomic E-state index is 14.5. The van der Waals surface area contributed by atoms with Gasteiger partial charge in [-0.1, -0.05) is 96.9 Å². The first-order chi connectivity index (χ1) is 21.6. The molecule has 0 unspecified atom stereocenters. The van der Waals surface area contributed by atoms with Gasteiger partial charge in [-0.3, -0.25) is 13.9 Å². The molecule has 0 bridgehead atoms. The zero-order chi connectivity index (χ0) is 32.4. The van der Waals surface area contributed by atoms with Crippen molar-refractivity contribution in [3.8, 4) is 5.75 Å². The highest BCUT2D eigenvalue weighted by Gasteiger charge is 2.35. The molecule has 1 atom stereocenters. The van der Waals surface area contributed by atoms with Gasteiger partial charge in [-0.15, -0.1) is 0 Å². The van der Waals surface area contributed by atoms with E-state index in [-0.39, 0.29) is 40.2 Å². The molecule has 11 heteroatoms. The van der Waals surface area contributed by atoms with Crippen LogP contribution in [0.5, 0.6) is 5.75 Å². The van der Waals surface area contributed by atoms with E-state index in [0.717, 1.165) is 9.87 Å². The highest BCUT2D eigenvalue weighted by Crippen LogP contribution is 2.35. The summed E-state index contributed by atoms with van der Waals surface area (Å²) in [6.45, 7) is 1.66. The fourth-order valence-corrected chi connectivity index (χ4v) is 6.62. The number of sulfonamides is 1. The summed E-state index contributed by atoms with van der Waals surface area (Å²) in [5.41, 5.74) is 1.51. The van der Waals surface area contributed by atoms with Crippen molar-refractivity contribution >= 4 is 50.7 Å². The van der Waals surface area contributed by atoms with Crippen LogP contribution in [0.2, 0.25) is 10.0 Å². The first-order valence-corrected chi connectivity index (χ1v) is 16.6. The summed E-state index contributed by atoms with van der Waals surface area (Å²) in [4.78, 5) is 29.6. The highest BCUT2D eigenvalue weighted by molar-refractivity contribution is 7.92. The monoisotopic (exact) mass is 667 g/mol. The van der Waals surface area contributed by atoms with E-state index in [1.165, 1.54) is 36.3 Å². The Kier molecular flexibility index (Phi) is 11.9. The molecule has 0 aliphatic carbocycles. The quantitative estimate of drug-likeness (QED) is 0.169. The molecule has 0 radical (unpaired) electrons. The van der Waals surface area contributed by atoms with Crippen molar-refractivity contribution in [3.05, 3.63) is 124 Å². The predicted octanol–water partition coefficient (Wildman–Crippen LogP) is 6.36. The van der Waals surface area contributed by atoms with Crippen LogP contribution >= 0.6 is 23.2 Å². The maximum Gasteiger partial charge on any atom is 0.264 e. The van der Waals surface area contributed by atoms with Crippen molar-refractivity contribution in [2.45, 2.75) is 37.2 Å². The van der Waals surface area contributed by atoms with E-state index >= 15 is 0 Å². The third-order valence-electron chi connectivity index (χ3n) is 7.14. The van der Waals surface area contributed by atoms with Crippen LogP contribution in [0.3, 0.4) is 0 Å². The van der Waals surface area contributed by atoms with Crippen molar-refractivity contribution in [1.29, 1.82) is 0 Å². The average Bonchev–Trinajstić information content (AvgIpc) is 3.05. The molecule has 4 aromatic carbocycles. The molecular weight excluding hydrogens is 633 g/mol. The van der Waals surface area contributed by atoms with Crippen LogP contribution in [-0.4, -0.2) is 51.4 Å². The zero-order valence-electron chi connectivity index (χ0n) is 25.0. The van der Waals surface area contributed by atoms with Crippen molar-refractivity contribution in [3.63, 3.8) is 0 Å². The van der Waals surface area contributed by atoms with Gasteiger partial charge in [0.25, 0.3) is 10.0 Å². The number of amides is 2. The van der Waals surface area contributed by atoms with E-state index in [0.29, 0.717) is 23.6 Å². The lowest BCUT2D eigenvalue weighted by molar-refractivity contribution is -0.140. The number of ether oxygens (including phenoxy) is 1. The van der Waals surface area contributed by atoms with Crippen molar-refractivity contribution in [2.24, 2.45) is 0 Å². The Labute approximate surface area is 274 Å². The van der Waals surface area contributed by atoms with Gasteiger partial charge in [0.05, 0.1) is 17.7 Å². The number of anilines is 1. The first-order valence-electron chi connectivity index (χ1n) is 14.4. The molecule has 0 heterocycles. The number of carbonyl (C=O) groups is 2. The number of benzene rings is 4. The smallest absolute Gasteiger partial charge is 0.264 e. The maximum atomic E-state index is 14.5. The number of hydrogen-bond donors (Lipinski definition) is 1. The van der Waals surface area contributed by atoms with E-state index in [1.54, 1.807) is 48.5 Å². The van der Waals surface area contributed by atoms with Crippen LogP contribution in [-0.2, 0) is 32.6 Å². The third-order valence-corrected chi connectivity index (χ3v) is 9.52. The lowest BCUT2D eigenvalue weighted by Crippen LogP contribution is -2.53. The van der Waals surface area contributed by atoms with Crippen LogP contribution in [0.15, 0.2) is 108 Å². The standard InChI is InChI=1S/C34H35Cl2N3O5S/c1-3-20-37-34(41)31(21-25-12-6-4-7-13-25)38(23-26-14-10-11-17-29(26)36)33(40)24-39(30-22-27(35)18-19-32(30)44-2)45(42,43)28-15-8-5-9-16-28/h4-19,22,31H,3,20-21,23-24H2,1-2H3,(H,37,41)/t31-/m1/s1. The second kappa shape index (κ2) is 15.8. The van der Waals surface area contributed by atoms with Crippen LogP contribution in [0.4, 0.5) is 5.69 Å². The first kappa shape index (κ1) is 33.8. The Morgan fingerprint density at radius 3 is 2.18 bits per heavy atom. The fraction of sp³-hybridized carbons (Fsp3) is 0.235. The lowest BCUT2D eigenvalue weighted by Gasteiger charge is -2.34. The number of hydrogen-bond acceptors (Lipinski definition) is 5. The molecule has 0 aromatic heterocycles. The van der Waals surface area contributed by atoms with Crippen LogP contribution in [0, 0.1) is 0 Å². The Morgan fingerprint density at radius 1 is 0.889 bits per heavy atom. The van der Waals surface area contributed by atoms with Gasteiger partial charge in [0.2, 0.25) is 11.8 Å². The Bertz CT molecular complexity index is 1710. The van der Waals surface area contributed by atoms with Crippen molar-refractivity contribution < 1.29 is 22.7 Å². The summed E-state index contributed by atoms with van der Waals surface area (Å²) in [7, 11) is -2.91. The molecular formula is C34H35Cl2N3O5S. The molecule has 0 spiro atoms. The van der Waals surface area contributed by atoms with Gasteiger partial charge < -0.3 is 15.0 Å². The van der Waals surface area contributed by atoms with Gasteiger partial charge in [-0.05, 0) is 53.9 Å². The molecule has 0 fully saturated rings. The number of halogens is 2. The minimum absolute atomic E-state index is 0.0287. The second-order valence-electron chi connectivity index (χ2n) is 10.3. The Morgan fingerprint density at radius 2 is 1.53 bits per heavy atom. The summed E-state index contributed by atoms with van der Waals surface area (Å²) in [6, 6.07) is 27.7. The molecule has 0 saturated carbocycles. The second-order valence-corrected chi connectivity index (χ2v) is 13.0. The van der Waals surface area contributed by atoms with Gasteiger partial charge in [0.15, 0.2) is 0 Å². The topological polar surface area (TPSA) is 96.0 Å². The molecule has 4 aromatic rings. The van der Waals surface area contributed by atoms with Gasteiger partial charge in [-0.25, -0.2) is 8.42 Å². The summed E-state index contributed by atoms with van der Waals surface area (Å²) in [5.74, 6) is -0.783. The largest absolute Gasteiger partial charge is 0.495 e. The normalized spacial score (nSPS) is 11.8. The minimum atomic E-state index is -4.31. The van der Waals surface area contributed by atoms with Gasteiger partial charge in [-0.2, -0.15) is 0 Å². The number of methoxy groups -OCH3 is 1. The minimum Gasteiger partial charge on any atom is -0.495 e. The Hall–Kier alpha value is -4.05. The molecule has 0 saturated heterocycles. The molecule has 8 nitrogen and oxygen atoms in total. The summed E-state index contributed by atoms with van der Waals surface area (Å²) >= 11 is 12.9. The van der Waals surface area contributed by atoms with Crippen LogP contribution < -0.4 is 14.4 Å². The molecule has 0 aliphatic rings. The average molecular weight is 669 g/mol. The van der Waals surface area contributed by atoms with E-state index < -0.39 is 28.5 Å². The summed E-state index contributed by atoms with van der Waals surface area (Å²) in [5, 5.41) is 3.58. The number of rotatable bonds is 14. The number of carbonyl (C=O) groups excluding carboxylic acids is 2. The van der Waals surface area contributed by atoms with Crippen molar-refractivity contribution in [1.82, 2.24) is 10.2 Å². The number of nitrogens with zero attached hydrogens (tertiary/aromatic N) is 2. The fourth-order valence-electron chi connectivity index (χ4n) is 4.82. The Balaban J connectivity index is 1.85. The zero-order valence-corrected chi connectivity index (χ0v) is 27.4. The third kappa shape index (κ3) is 8.57. The molecule has 236 valence electrons. The predicted molar refractivity (Wildman–Crippen MR) is 178 cm³/mol. The summed E-state index contributed by atoms with van der Waals surface area (Å²) in [6.07, 6.45) is 0.887. The van der Waals surface area contributed by atoms with E-state index in [4.69, 9.17) is 27.9 Å². The van der Waals surface area contributed by atoms with Crippen LogP contribution in [0.25, 0.3) is 0 Å². The SMILES string of the molecule is CCCNC(=O)[C@@H](Cc1ccccc1)N(Cc1ccccc1Cl)C(=O)CN(c1cc(Cl)ccc1OC)S(=O)(=O)c1ccccc1. The molecule has 2 amide bonds. The number of nitrogens with one attached hydrogen (secondary N) is 1. The van der Waals surface area contributed by atoms with Gasteiger partial charge in [0.1, 0.15) is 18.3 Å². The highest BCUT2D eigenvalue weighted by atomic mass is 35.5. The van der Waals surface area contributed by atoms with E-state index in [1.807, 2.05) is 37.3 Å².